The zero-order chi connectivity index (χ0) is 30.8. The molecule has 0 unspecified atom stereocenters. The first-order chi connectivity index (χ1) is 20.6. The van der Waals surface area contributed by atoms with Crippen LogP contribution in [0.15, 0.2) is 36.5 Å². The van der Waals surface area contributed by atoms with Gasteiger partial charge in [-0.1, -0.05) is 134 Å². The highest BCUT2D eigenvalue weighted by atomic mass is 16.2. The molecular weight excluding hydrogens is 516 g/mol. The van der Waals surface area contributed by atoms with Gasteiger partial charge in [0.05, 0.1) is 0 Å². The maximum atomic E-state index is 12.2. The second-order valence-corrected chi connectivity index (χ2v) is 12.2. The maximum absolute atomic E-state index is 12.2. The van der Waals surface area contributed by atoms with Gasteiger partial charge in [0.25, 0.3) is 0 Å². The fourth-order valence-electron chi connectivity index (χ4n) is 5.17. The zero-order valence-electron chi connectivity index (χ0n) is 28.2. The Morgan fingerprint density at radius 2 is 1.05 bits per heavy atom. The molecule has 0 aromatic heterocycles. The van der Waals surface area contributed by atoms with Crippen molar-refractivity contribution in [1.29, 1.82) is 0 Å². The van der Waals surface area contributed by atoms with Crippen molar-refractivity contribution in [2.75, 3.05) is 6.54 Å². The van der Waals surface area contributed by atoms with Crippen LogP contribution in [0, 0.1) is 0 Å². The van der Waals surface area contributed by atoms with Gasteiger partial charge in [-0.15, -0.1) is 0 Å². The minimum atomic E-state index is 0.184. The highest BCUT2D eigenvalue weighted by Gasteiger charge is 2.07. The summed E-state index contributed by atoms with van der Waals surface area (Å²) in [7, 11) is 0. The van der Waals surface area contributed by atoms with E-state index in [0.29, 0.717) is 12.8 Å². The molecule has 0 rings (SSSR count). The van der Waals surface area contributed by atoms with Gasteiger partial charge < -0.3 is 10.6 Å². The largest absolute Gasteiger partial charge is 0.356 e. The normalized spacial score (nSPS) is 12.5. The van der Waals surface area contributed by atoms with E-state index < -0.39 is 0 Å². The lowest BCUT2D eigenvalue weighted by Crippen LogP contribution is -2.32. The number of carbonyl (C=O) groups excluding carboxylic acids is 2. The number of allylic oxidation sites excluding steroid dienone is 6. The lowest BCUT2D eigenvalue weighted by atomic mass is 10.1. The first-order valence-corrected chi connectivity index (χ1v) is 18.1. The quantitative estimate of drug-likeness (QED) is 0.0627. The molecule has 0 heterocycles. The van der Waals surface area contributed by atoms with E-state index in [4.69, 9.17) is 0 Å². The molecule has 0 aliphatic carbocycles. The predicted octanol–water partition coefficient (Wildman–Crippen LogP) is 11.1. The maximum Gasteiger partial charge on any atom is 0.220 e. The molecule has 4 heteroatoms. The molecule has 0 saturated carbocycles. The second-order valence-electron chi connectivity index (χ2n) is 12.2. The molecule has 0 fully saturated rings. The summed E-state index contributed by atoms with van der Waals surface area (Å²) in [6, 6.07) is 0.207. The number of carbonyl (C=O) groups is 2. The Morgan fingerprint density at radius 3 is 1.64 bits per heavy atom. The summed E-state index contributed by atoms with van der Waals surface area (Å²) < 4.78 is 0. The van der Waals surface area contributed by atoms with E-state index in [-0.39, 0.29) is 17.9 Å². The number of hydrogen-bond acceptors (Lipinski definition) is 2. The summed E-state index contributed by atoms with van der Waals surface area (Å²) in [5.74, 6) is 0.381. The Kier molecular flexibility index (Phi) is 32.2. The standard InChI is InChI=1S/C38H70N2O2/c1-4-6-8-10-12-14-16-17-18-19-21-23-25-27-29-34-38(42)40-36(3)32-30-31-35-39-37(41)33-28-26-24-22-20-15-13-11-9-7-5-2/h6,8,12,14,17-18,36H,4-5,7,9-11,13,15-16,19-35H2,1-3H3,(H,39,41)(H,40,42)/b8-6-,14-12-,18-17-/t36-/m1/s1. The van der Waals surface area contributed by atoms with Crippen LogP contribution in [0.3, 0.4) is 0 Å². The third kappa shape index (κ3) is 32.7. The van der Waals surface area contributed by atoms with Crippen molar-refractivity contribution in [3.8, 4) is 0 Å². The summed E-state index contributed by atoms with van der Waals surface area (Å²) in [6.07, 6.45) is 42.3. The zero-order valence-corrected chi connectivity index (χ0v) is 28.2. The summed E-state index contributed by atoms with van der Waals surface area (Å²) in [4.78, 5) is 24.3. The third-order valence-electron chi connectivity index (χ3n) is 7.86. The summed E-state index contributed by atoms with van der Waals surface area (Å²) in [5.41, 5.74) is 0. The molecule has 0 aromatic carbocycles. The smallest absolute Gasteiger partial charge is 0.220 e. The topological polar surface area (TPSA) is 58.2 Å². The molecule has 0 saturated heterocycles. The first-order valence-electron chi connectivity index (χ1n) is 18.1. The molecule has 0 radical (unpaired) electrons. The van der Waals surface area contributed by atoms with Crippen LogP contribution in [-0.4, -0.2) is 24.4 Å². The van der Waals surface area contributed by atoms with Gasteiger partial charge in [0.1, 0.15) is 0 Å². The number of nitrogens with one attached hydrogen (secondary N) is 2. The molecule has 0 bridgehead atoms. The number of rotatable bonds is 31. The van der Waals surface area contributed by atoms with Crippen molar-refractivity contribution in [1.82, 2.24) is 10.6 Å². The fraction of sp³-hybridized carbons (Fsp3) is 0.789. The molecular formula is C38H70N2O2. The van der Waals surface area contributed by atoms with Crippen molar-refractivity contribution in [3.63, 3.8) is 0 Å². The van der Waals surface area contributed by atoms with E-state index in [1.54, 1.807) is 0 Å². The van der Waals surface area contributed by atoms with Crippen molar-refractivity contribution < 1.29 is 9.59 Å². The van der Waals surface area contributed by atoms with Crippen LogP contribution in [0.2, 0.25) is 0 Å². The van der Waals surface area contributed by atoms with Crippen LogP contribution in [0.1, 0.15) is 181 Å². The van der Waals surface area contributed by atoms with E-state index in [1.807, 2.05) is 0 Å². The molecule has 0 spiro atoms. The van der Waals surface area contributed by atoms with Crippen LogP contribution in [0.25, 0.3) is 0 Å². The van der Waals surface area contributed by atoms with Gasteiger partial charge in [-0.2, -0.15) is 0 Å². The number of unbranched alkanes of at least 4 members (excludes halogenated alkanes) is 16. The number of hydrogen-bond donors (Lipinski definition) is 2. The van der Waals surface area contributed by atoms with Crippen molar-refractivity contribution in [2.45, 2.75) is 187 Å². The van der Waals surface area contributed by atoms with Crippen LogP contribution in [0.5, 0.6) is 0 Å². The van der Waals surface area contributed by atoms with E-state index in [1.165, 1.54) is 83.5 Å². The van der Waals surface area contributed by atoms with E-state index in [9.17, 15) is 9.59 Å². The Labute approximate surface area is 262 Å². The van der Waals surface area contributed by atoms with Crippen LogP contribution < -0.4 is 10.6 Å². The van der Waals surface area contributed by atoms with Gasteiger partial charge in [-0.05, 0) is 71.1 Å². The lowest BCUT2D eigenvalue weighted by molar-refractivity contribution is -0.122. The van der Waals surface area contributed by atoms with Crippen LogP contribution >= 0.6 is 0 Å². The Bertz CT molecular complexity index is 683. The highest BCUT2D eigenvalue weighted by molar-refractivity contribution is 5.76. The second kappa shape index (κ2) is 33.7. The summed E-state index contributed by atoms with van der Waals surface area (Å²) in [5, 5.41) is 6.22. The Balaban J connectivity index is 3.46. The Hall–Kier alpha value is -1.84. The molecule has 0 aliphatic heterocycles. The summed E-state index contributed by atoms with van der Waals surface area (Å²) in [6.45, 7) is 7.27. The molecule has 2 N–H and O–H groups in total. The molecule has 1 atom stereocenters. The van der Waals surface area contributed by atoms with Crippen molar-refractivity contribution >= 4 is 11.8 Å². The molecule has 42 heavy (non-hydrogen) atoms. The van der Waals surface area contributed by atoms with Crippen molar-refractivity contribution in [2.24, 2.45) is 0 Å². The fourth-order valence-corrected chi connectivity index (χ4v) is 5.17. The van der Waals surface area contributed by atoms with Gasteiger partial charge >= 0.3 is 0 Å². The Morgan fingerprint density at radius 1 is 0.548 bits per heavy atom. The monoisotopic (exact) mass is 587 g/mol. The minimum absolute atomic E-state index is 0.184. The molecule has 2 amide bonds. The third-order valence-corrected chi connectivity index (χ3v) is 7.86. The van der Waals surface area contributed by atoms with E-state index >= 15 is 0 Å². The summed E-state index contributed by atoms with van der Waals surface area (Å²) >= 11 is 0. The van der Waals surface area contributed by atoms with Gasteiger partial charge in [0, 0.05) is 25.4 Å². The SMILES string of the molecule is CC/C=C\C/C=C\C/C=C\CCCCCCCC(=O)N[C@H](C)CCCCNC(=O)CCCCCCCCCCCCC. The van der Waals surface area contributed by atoms with E-state index in [0.717, 1.165) is 70.8 Å². The molecule has 244 valence electrons. The van der Waals surface area contributed by atoms with E-state index in [2.05, 4.69) is 67.9 Å². The predicted molar refractivity (Wildman–Crippen MR) is 185 cm³/mol. The highest BCUT2D eigenvalue weighted by Crippen LogP contribution is 2.12. The minimum Gasteiger partial charge on any atom is -0.356 e. The lowest BCUT2D eigenvalue weighted by Gasteiger charge is -2.14. The van der Waals surface area contributed by atoms with Gasteiger partial charge in [-0.3, -0.25) is 9.59 Å². The average Bonchev–Trinajstić information content (AvgIpc) is 2.97. The van der Waals surface area contributed by atoms with Gasteiger partial charge in [0.15, 0.2) is 0 Å². The van der Waals surface area contributed by atoms with Gasteiger partial charge in [-0.25, -0.2) is 0 Å². The molecule has 0 aromatic rings. The molecule has 0 aliphatic rings. The van der Waals surface area contributed by atoms with Gasteiger partial charge in [0.2, 0.25) is 11.8 Å². The number of amides is 2. The molecule has 4 nitrogen and oxygen atoms in total. The first kappa shape index (κ1) is 40.2. The van der Waals surface area contributed by atoms with Crippen molar-refractivity contribution in [3.05, 3.63) is 36.5 Å². The average molecular weight is 587 g/mol. The van der Waals surface area contributed by atoms with Crippen LogP contribution in [-0.2, 0) is 9.59 Å². The van der Waals surface area contributed by atoms with Crippen LogP contribution in [0.4, 0.5) is 0 Å².